The molecule has 2 aromatic heterocycles. The van der Waals surface area contributed by atoms with Gasteiger partial charge in [-0.2, -0.15) is 0 Å². The van der Waals surface area contributed by atoms with E-state index in [-0.39, 0.29) is 0 Å². The first-order chi connectivity index (χ1) is 8.74. The third-order valence-electron chi connectivity index (χ3n) is 3.29. The Labute approximate surface area is 107 Å². The van der Waals surface area contributed by atoms with Crippen LogP contribution in [0, 0.1) is 13.8 Å². The molecule has 4 nitrogen and oxygen atoms in total. The van der Waals surface area contributed by atoms with Gasteiger partial charge in [0.2, 0.25) is 0 Å². The molecule has 1 aliphatic rings. The number of hydrogen-bond donors (Lipinski definition) is 1. The molecule has 0 aromatic carbocycles. The van der Waals surface area contributed by atoms with Gasteiger partial charge in [0.05, 0.1) is 0 Å². The van der Waals surface area contributed by atoms with Crippen LogP contribution in [0.2, 0.25) is 0 Å². The van der Waals surface area contributed by atoms with E-state index in [1.54, 1.807) is 6.20 Å². The van der Waals surface area contributed by atoms with Crippen molar-refractivity contribution >= 4 is 11.6 Å². The molecule has 18 heavy (non-hydrogen) atoms. The zero-order valence-electron chi connectivity index (χ0n) is 10.7. The topological polar surface area (TPSA) is 50.7 Å². The second-order valence-corrected chi connectivity index (χ2v) is 4.69. The van der Waals surface area contributed by atoms with Crippen molar-refractivity contribution in [2.45, 2.75) is 33.1 Å². The molecule has 0 saturated heterocycles. The van der Waals surface area contributed by atoms with Gasteiger partial charge in [0.15, 0.2) is 0 Å². The number of fused-ring (bicyclic) bond motifs is 1. The standard InChI is InChI=1S/C14H16N4/c1-9-5-4-8-15-13(9)18-14-11-6-3-7-12(11)16-10(2)17-14/h4-5,8H,3,6-7H2,1-2H3,(H,15,16,17,18). The zero-order chi connectivity index (χ0) is 12.5. The molecule has 3 rings (SSSR count). The van der Waals surface area contributed by atoms with Gasteiger partial charge in [0, 0.05) is 17.5 Å². The lowest BCUT2D eigenvalue weighted by Gasteiger charge is -2.11. The minimum atomic E-state index is 0.826. The number of pyridine rings is 1. The molecule has 0 amide bonds. The Morgan fingerprint density at radius 3 is 2.83 bits per heavy atom. The summed E-state index contributed by atoms with van der Waals surface area (Å²) < 4.78 is 0. The van der Waals surface area contributed by atoms with Crippen LogP contribution in [0.25, 0.3) is 0 Å². The maximum absolute atomic E-state index is 4.52. The minimum Gasteiger partial charge on any atom is -0.324 e. The highest BCUT2D eigenvalue weighted by Gasteiger charge is 2.18. The second kappa shape index (κ2) is 4.37. The van der Waals surface area contributed by atoms with Crippen molar-refractivity contribution < 1.29 is 0 Å². The minimum absolute atomic E-state index is 0.826. The van der Waals surface area contributed by atoms with Gasteiger partial charge < -0.3 is 5.32 Å². The van der Waals surface area contributed by atoms with Crippen molar-refractivity contribution in [3.05, 3.63) is 41.0 Å². The molecular weight excluding hydrogens is 224 g/mol. The number of nitrogens with one attached hydrogen (secondary N) is 1. The molecule has 2 aromatic rings. The molecule has 0 bridgehead atoms. The van der Waals surface area contributed by atoms with Gasteiger partial charge in [-0.05, 0) is 44.7 Å². The largest absolute Gasteiger partial charge is 0.324 e. The van der Waals surface area contributed by atoms with E-state index in [1.165, 1.54) is 17.7 Å². The lowest BCUT2D eigenvalue weighted by molar-refractivity contribution is 0.895. The molecule has 0 aliphatic heterocycles. The monoisotopic (exact) mass is 240 g/mol. The van der Waals surface area contributed by atoms with Crippen LogP contribution in [-0.2, 0) is 12.8 Å². The van der Waals surface area contributed by atoms with Crippen LogP contribution in [0.3, 0.4) is 0 Å². The summed E-state index contributed by atoms with van der Waals surface area (Å²) in [5.41, 5.74) is 3.57. The van der Waals surface area contributed by atoms with Crippen LogP contribution < -0.4 is 5.32 Å². The number of rotatable bonds is 2. The summed E-state index contributed by atoms with van der Waals surface area (Å²) in [5, 5.41) is 3.35. The van der Waals surface area contributed by atoms with Crippen LogP contribution >= 0.6 is 0 Å². The van der Waals surface area contributed by atoms with Crippen molar-refractivity contribution in [2.75, 3.05) is 5.32 Å². The fourth-order valence-corrected chi connectivity index (χ4v) is 2.39. The molecule has 0 atom stereocenters. The maximum atomic E-state index is 4.52. The molecule has 0 unspecified atom stereocenters. The number of hydrogen-bond acceptors (Lipinski definition) is 4. The third-order valence-corrected chi connectivity index (χ3v) is 3.29. The summed E-state index contributed by atoms with van der Waals surface area (Å²) in [4.78, 5) is 13.4. The first-order valence-electron chi connectivity index (χ1n) is 6.29. The Hall–Kier alpha value is -1.97. The Morgan fingerprint density at radius 2 is 2.00 bits per heavy atom. The normalized spacial score (nSPS) is 13.4. The van der Waals surface area contributed by atoms with E-state index in [9.17, 15) is 0 Å². The van der Waals surface area contributed by atoms with Crippen molar-refractivity contribution in [1.82, 2.24) is 15.0 Å². The quantitative estimate of drug-likeness (QED) is 0.877. The SMILES string of the molecule is Cc1nc2c(c(Nc3ncccc3C)n1)CCC2. The molecule has 4 heteroatoms. The highest BCUT2D eigenvalue weighted by molar-refractivity contribution is 5.60. The molecule has 0 spiro atoms. The van der Waals surface area contributed by atoms with E-state index >= 15 is 0 Å². The molecule has 1 N–H and O–H groups in total. The highest BCUT2D eigenvalue weighted by atomic mass is 15.1. The Kier molecular flexibility index (Phi) is 2.70. The van der Waals surface area contributed by atoms with Crippen LogP contribution in [0.4, 0.5) is 11.6 Å². The van der Waals surface area contributed by atoms with Crippen LogP contribution in [0.15, 0.2) is 18.3 Å². The van der Waals surface area contributed by atoms with Gasteiger partial charge in [-0.15, -0.1) is 0 Å². The molecule has 2 heterocycles. The summed E-state index contributed by atoms with van der Waals surface area (Å²) in [6.45, 7) is 3.98. The lowest BCUT2D eigenvalue weighted by atomic mass is 10.2. The average Bonchev–Trinajstić information content (AvgIpc) is 2.80. The smallest absolute Gasteiger partial charge is 0.138 e. The summed E-state index contributed by atoms with van der Waals surface area (Å²) in [5.74, 6) is 2.63. The van der Waals surface area contributed by atoms with Gasteiger partial charge in [0.25, 0.3) is 0 Å². The summed E-state index contributed by atoms with van der Waals surface area (Å²) >= 11 is 0. The van der Waals surface area contributed by atoms with E-state index in [0.29, 0.717) is 0 Å². The summed E-state index contributed by atoms with van der Waals surface area (Å²) in [6, 6.07) is 3.99. The summed E-state index contributed by atoms with van der Waals surface area (Å²) in [7, 11) is 0. The van der Waals surface area contributed by atoms with Gasteiger partial charge >= 0.3 is 0 Å². The highest BCUT2D eigenvalue weighted by Crippen LogP contribution is 2.28. The van der Waals surface area contributed by atoms with E-state index in [1.807, 2.05) is 26.0 Å². The molecule has 0 radical (unpaired) electrons. The van der Waals surface area contributed by atoms with Crippen molar-refractivity contribution in [3.8, 4) is 0 Å². The predicted octanol–water partition coefficient (Wildman–Crippen LogP) is 2.72. The van der Waals surface area contributed by atoms with Crippen LogP contribution in [0.1, 0.15) is 29.1 Å². The number of aryl methyl sites for hydroxylation is 3. The molecule has 0 saturated carbocycles. The van der Waals surface area contributed by atoms with Crippen molar-refractivity contribution in [2.24, 2.45) is 0 Å². The average molecular weight is 240 g/mol. The Morgan fingerprint density at radius 1 is 1.11 bits per heavy atom. The van der Waals surface area contributed by atoms with Gasteiger partial charge in [-0.1, -0.05) is 6.07 Å². The van der Waals surface area contributed by atoms with E-state index < -0.39 is 0 Å². The number of aromatic nitrogens is 3. The van der Waals surface area contributed by atoms with E-state index in [4.69, 9.17) is 0 Å². The maximum Gasteiger partial charge on any atom is 0.138 e. The van der Waals surface area contributed by atoms with Gasteiger partial charge in [0.1, 0.15) is 17.5 Å². The van der Waals surface area contributed by atoms with Crippen molar-refractivity contribution in [1.29, 1.82) is 0 Å². The predicted molar refractivity (Wildman–Crippen MR) is 71.1 cm³/mol. The van der Waals surface area contributed by atoms with Crippen LogP contribution in [-0.4, -0.2) is 15.0 Å². The Bertz CT molecular complexity index is 592. The van der Waals surface area contributed by atoms with Gasteiger partial charge in [-0.25, -0.2) is 15.0 Å². The first-order valence-corrected chi connectivity index (χ1v) is 6.29. The fourth-order valence-electron chi connectivity index (χ4n) is 2.39. The number of anilines is 2. The summed E-state index contributed by atoms with van der Waals surface area (Å²) in [6.07, 6.45) is 5.09. The molecular formula is C14H16N4. The van der Waals surface area contributed by atoms with E-state index in [0.717, 1.165) is 35.9 Å². The second-order valence-electron chi connectivity index (χ2n) is 4.69. The first kappa shape index (κ1) is 11.1. The lowest BCUT2D eigenvalue weighted by Crippen LogP contribution is -2.05. The van der Waals surface area contributed by atoms with Gasteiger partial charge in [-0.3, -0.25) is 0 Å². The molecule has 0 fully saturated rings. The third kappa shape index (κ3) is 1.94. The number of nitrogens with zero attached hydrogens (tertiary/aromatic N) is 3. The zero-order valence-corrected chi connectivity index (χ0v) is 10.7. The fraction of sp³-hybridized carbons (Fsp3) is 0.357. The van der Waals surface area contributed by atoms with E-state index in [2.05, 4.69) is 20.3 Å². The molecule has 1 aliphatic carbocycles. The van der Waals surface area contributed by atoms with Crippen molar-refractivity contribution in [3.63, 3.8) is 0 Å². The van der Waals surface area contributed by atoms with Crippen LogP contribution in [0.5, 0.6) is 0 Å². The molecule has 92 valence electrons. The Balaban J connectivity index is 2.01.